The summed E-state index contributed by atoms with van der Waals surface area (Å²) in [4.78, 5) is 0. The van der Waals surface area contributed by atoms with Gasteiger partial charge >= 0.3 is 6.69 Å². The van der Waals surface area contributed by atoms with Gasteiger partial charge in [0.25, 0.3) is 0 Å². The van der Waals surface area contributed by atoms with Crippen LogP contribution in [0.2, 0.25) is 5.82 Å². The maximum atomic E-state index is 5.29. The first-order valence-corrected chi connectivity index (χ1v) is 3.75. The number of hydrogen-bond acceptors (Lipinski definition) is 3. The molecule has 1 aliphatic rings. The molecular weight excluding hydrogens is 129 g/mol. The van der Waals surface area contributed by atoms with Crippen LogP contribution in [0.1, 0.15) is 13.3 Å². The highest BCUT2D eigenvalue weighted by Crippen LogP contribution is 2.28. The van der Waals surface area contributed by atoms with E-state index in [1.807, 2.05) is 0 Å². The molecule has 0 bridgehead atoms. The first-order valence-electron chi connectivity index (χ1n) is 3.75. The Kier molecular flexibility index (Phi) is 2.34. The van der Waals surface area contributed by atoms with Crippen LogP contribution >= 0.6 is 0 Å². The highest BCUT2D eigenvalue weighted by Gasteiger charge is 2.35. The molecule has 4 heteroatoms. The van der Waals surface area contributed by atoms with Crippen molar-refractivity contribution in [2.45, 2.75) is 19.2 Å². The minimum Gasteiger partial charge on any atom is -0.557 e. The van der Waals surface area contributed by atoms with E-state index in [9.17, 15) is 0 Å². The second-order valence-corrected chi connectivity index (χ2v) is 2.96. The third-order valence-electron chi connectivity index (χ3n) is 2.48. The molecule has 1 saturated heterocycles. The lowest BCUT2D eigenvalue weighted by Gasteiger charge is -2.38. The van der Waals surface area contributed by atoms with Gasteiger partial charge in [-0.15, -0.1) is 5.82 Å². The monoisotopic (exact) mass is 144 g/mol. The van der Waals surface area contributed by atoms with Crippen molar-refractivity contribution in [2.24, 2.45) is 0 Å². The van der Waals surface area contributed by atoms with Gasteiger partial charge in [0.1, 0.15) is 0 Å². The first kappa shape index (κ1) is 8.05. The van der Waals surface area contributed by atoms with Crippen molar-refractivity contribution < 1.29 is 9.31 Å². The molecule has 1 atom stereocenters. The Morgan fingerprint density at radius 3 is 2.20 bits per heavy atom. The summed E-state index contributed by atoms with van der Waals surface area (Å²) in [5.74, 6) is 0.495. The second kappa shape index (κ2) is 2.90. The van der Waals surface area contributed by atoms with Crippen LogP contribution in [0.4, 0.5) is 0 Å². The van der Waals surface area contributed by atoms with Gasteiger partial charge in [-0.2, -0.15) is 0 Å². The molecule has 0 saturated carbocycles. The molecule has 0 amide bonds. The van der Waals surface area contributed by atoms with Crippen LogP contribution < -0.4 is 5.23 Å². The third-order valence-corrected chi connectivity index (χ3v) is 2.48. The van der Waals surface area contributed by atoms with Crippen LogP contribution in [0.5, 0.6) is 0 Å². The summed E-state index contributed by atoms with van der Waals surface area (Å²) < 4.78 is 10.6. The van der Waals surface area contributed by atoms with E-state index >= 15 is 0 Å². The molecule has 0 spiro atoms. The molecule has 10 heavy (non-hydrogen) atoms. The molecule has 1 aliphatic heterocycles. The van der Waals surface area contributed by atoms with Crippen LogP contribution in [0.15, 0.2) is 0 Å². The van der Waals surface area contributed by atoms with Gasteiger partial charge in [-0.25, -0.2) is 0 Å². The van der Waals surface area contributed by atoms with Crippen LogP contribution in [0.25, 0.3) is 0 Å². The van der Waals surface area contributed by atoms with Crippen molar-refractivity contribution >= 4 is 6.69 Å². The van der Waals surface area contributed by atoms with Gasteiger partial charge in [0, 0.05) is 0 Å². The molecule has 0 radical (unpaired) electrons. The first-order chi connectivity index (χ1) is 4.75. The number of rotatable bonds is 2. The molecule has 0 aliphatic carbocycles. The van der Waals surface area contributed by atoms with Gasteiger partial charge in [-0.05, 0) is 20.8 Å². The molecule has 3 nitrogen and oxygen atoms in total. The van der Waals surface area contributed by atoms with Crippen molar-refractivity contribution in [1.29, 1.82) is 0 Å². The van der Waals surface area contributed by atoms with Crippen molar-refractivity contribution in [1.82, 2.24) is 5.23 Å². The summed E-state index contributed by atoms with van der Waals surface area (Å²) in [6, 6.07) is 0. The zero-order valence-corrected chi connectivity index (χ0v) is 6.89. The molecule has 1 N–H and O–H groups in total. The van der Waals surface area contributed by atoms with E-state index in [0.717, 1.165) is 13.0 Å². The molecule has 0 unspecified atom stereocenters. The maximum absolute atomic E-state index is 5.29. The predicted octanol–water partition coefficient (Wildman–Crippen LogP) is 0.601. The quantitative estimate of drug-likeness (QED) is 0.575. The van der Waals surface area contributed by atoms with Crippen molar-refractivity contribution in [3.63, 3.8) is 0 Å². The summed E-state index contributed by atoms with van der Waals surface area (Å²) in [5, 5.41) is 3.24. The smallest absolute Gasteiger partial charge is 0.317 e. The molecule has 0 aromatic carbocycles. The van der Waals surface area contributed by atoms with Crippen LogP contribution in [0.3, 0.4) is 0 Å². The van der Waals surface area contributed by atoms with E-state index in [1.165, 1.54) is 0 Å². The standard InChI is InChI=1S/C6H15BNO2/c1-6-4-5-8-7(6,9-2)10-3/h6,8H,4-5H2,1-3H3/q-1/t6-/m1/s1. The van der Waals surface area contributed by atoms with Gasteiger partial charge in [0.2, 0.25) is 0 Å². The van der Waals surface area contributed by atoms with E-state index in [0.29, 0.717) is 5.82 Å². The topological polar surface area (TPSA) is 30.5 Å². The van der Waals surface area contributed by atoms with E-state index in [2.05, 4.69) is 12.2 Å². The van der Waals surface area contributed by atoms with Crippen LogP contribution in [-0.2, 0) is 9.31 Å². The van der Waals surface area contributed by atoms with E-state index in [4.69, 9.17) is 9.31 Å². The van der Waals surface area contributed by atoms with Crippen molar-refractivity contribution in [3.8, 4) is 0 Å². The van der Waals surface area contributed by atoms with Crippen LogP contribution in [-0.4, -0.2) is 27.5 Å². The summed E-state index contributed by atoms with van der Waals surface area (Å²) in [6.45, 7) is 2.00. The SMILES string of the molecule is CO[B-]1(OC)NCC[C@H]1C. The van der Waals surface area contributed by atoms with E-state index in [1.54, 1.807) is 14.2 Å². The third kappa shape index (κ3) is 1.07. The molecule has 1 heterocycles. The molecule has 0 aromatic rings. The van der Waals surface area contributed by atoms with Crippen molar-refractivity contribution in [2.75, 3.05) is 20.8 Å². The Labute approximate surface area is 62.1 Å². The summed E-state index contributed by atoms with van der Waals surface area (Å²) in [6.07, 6.45) is 1.14. The number of nitrogens with one attached hydrogen (secondary N) is 1. The second-order valence-electron chi connectivity index (χ2n) is 2.96. The van der Waals surface area contributed by atoms with Gasteiger partial charge < -0.3 is 14.5 Å². The summed E-state index contributed by atoms with van der Waals surface area (Å²) >= 11 is 0. The Hall–Kier alpha value is -0.0551. The minimum atomic E-state index is -1.15. The van der Waals surface area contributed by atoms with Crippen molar-refractivity contribution in [3.05, 3.63) is 0 Å². The molecular formula is C6H15BNO2-. The molecule has 1 fully saturated rings. The van der Waals surface area contributed by atoms with Gasteiger partial charge in [0.05, 0.1) is 0 Å². The lowest BCUT2D eigenvalue weighted by atomic mass is 9.61. The zero-order valence-electron chi connectivity index (χ0n) is 6.89. The normalized spacial score (nSPS) is 30.9. The summed E-state index contributed by atoms with van der Waals surface area (Å²) in [5.41, 5.74) is 0. The Morgan fingerprint density at radius 2 is 2.00 bits per heavy atom. The largest absolute Gasteiger partial charge is 0.557 e. The highest BCUT2D eigenvalue weighted by molar-refractivity contribution is 6.67. The minimum absolute atomic E-state index is 0.495. The fourth-order valence-corrected chi connectivity index (χ4v) is 1.66. The molecule has 1 rings (SSSR count). The van der Waals surface area contributed by atoms with E-state index < -0.39 is 6.69 Å². The molecule has 0 aromatic heterocycles. The van der Waals surface area contributed by atoms with Gasteiger partial charge in [-0.3, -0.25) is 0 Å². The van der Waals surface area contributed by atoms with E-state index in [-0.39, 0.29) is 0 Å². The lowest BCUT2D eigenvalue weighted by molar-refractivity contribution is 0.229. The zero-order chi connectivity index (χ0) is 7.61. The number of hydrogen-bond donors (Lipinski definition) is 1. The predicted molar refractivity (Wildman–Crippen MR) is 41.8 cm³/mol. The Balaban J connectivity index is 2.61. The fourth-order valence-electron chi connectivity index (χ4n) is 1.66. The highest BCUT2D eigenvalue weighted by atomic mass is 16.6. The lowest BCUT2D eigenvalue weighted by Crippen LogP contribution is -2.52. The maximum Gasteiger partial charge on any atom is 0.317 e. The van der Waals surface area contributed by atoms with Gasteiger partial charge in [-0.1, -0.05) is 13.3 Å². The fraction of sp³-hybridized carbons (Fsp3) is 1.00. The summed E-state index contributed by atoms with van der Waals surface area (Å²) in [7, 11) is 3.39. The Morgan fingerprint density at radius 1 is 1.40 bits per heavy atom. The van der Waals surface area contributed by atoms with Crippen LogP contribution in [0, 0.1) is 0 Å². The average molecular weight is 144 g/mol. The average Bonchev–Trinajstić information content (AvgIpc) is 2.32. The Bertz CT molecular complexity index is 116. The van der Waals surface area contributed by atoms with Gasteiger partial charge in [0.15, 0.2) is 0 Å². The molecule has 60 valence electrons.